The third-order valence-corrected chi connectivity index (χ3v) is 2.35. The first-order valence-electron chi connectivity index (χ1n) is 6.02. The molecule has 0 saturated carbocycles. The fourth-order valence-corrected chi connectivity index (χ4v) is 1.46. The molecule has 0 bridgehead atoms. The average Bonchev–Trinajstić information content (AvgIpc) is 2.60. The van der Waals surface area contributed by atoms with Crippen LogP contribution in [0.4, 0.5) is 8.78 Å². The molecule has 0 aliphatic rings. The number of benzene rings is 1. The first-order chi connectivity index (χ1) is 10.8. The molecule has 2 nitrogen and oxygen atoms in total. The molecule has 2 aromatic heterocycles. The normalized spacial score (nSPS) is 8.95. The van der Waals surface area contributed by atoms with Crippen molar-refractivity contribution in [3.8, 4) is 11.3 Å². The Morgan fingerprint density at radius 3 is 2.09 bits per heavy atom. The number of nitrogens with zero attached hydrogens (tertiary/aromatic N) is 2. The summed E-state index contributed by atoms with van der Waals surface area (Å²) in [6.45, 7) is 0. The van der Waals surface area contributed by atoms with Crippen LogP contribution in [-0.4, -0.2) is 9.97 Å². The zero-order chi connectivity index (χ0) is 16.2. The Morgan fingerprint density at radius 2 is 1.64 bits per heavy atom. The van der Waals surface area contributed by atoms with Gasteiger partial charge in [-0.2, -0.15) is 0 Å². The minimum atomic E-state index is -0.649. The molecule has 1 aromatic carbocycles. The molecule has 116 valence electrons. The molecule has 2 heterocycles. The van der Waals surface area contributed by atoms with Gasteiger partial charge < -0.3 is 4.98 Å². The van der Waals surface area contributed by atoms with E-state index in [9.17, 15) is 8.78 Å². The van der Waals surface area contributed by atoms with Gasteiger partial charge in [0.15, 0.2) is 0 Å². The zero-order valence-corrected chi connectivity index (χ0v) is 14.2. The SMILES string of the molecule is Fc1c[c-]c(-c2ccccn2)c(F)c1.[Cl][Pt+].c1ccncc1. The van der Waals surface area contributed by atoms with Crippen LogP contribution in [0.5, 0.6) is 0 Å². The van der Waals surface area contributed by atoms with Crippen molar-refractivity contribution < 1.29 is 27.6 Å². The molecule has 0 aliphatic heterocycles. The van der Waals surface area contributed by atoms with Crippen molar-refractivity contribution >= 4 is 9.42 Å². The predicted octanol–water partition coefficient (Wildman–Crippen LogP) is 4.60. The van der Waals surface area contributed by atoms with Crippen molar-refractivity contribution in [2.75, 3.05) is 0 Å². The molecule has 0 unspecified atom stereocenters. The summed E-state index contributed by atoms with van der Waals surface area (Å²) in [6, 6.07) is 15.2. The monoisotopic (exact) mass is 499 g/mol. The smallest absolute Gasteiger partial charge is 0.0267 e. The third kappa shape index (κ3) is 6.42. The molecule has 22 heavy (non-hydrogen) atoms. The Balaban J connectivity index is 0.000000253. The van der Waals surface area contributed by atoms with E-state index in [-0.39, 0.29) is 5.56 Å². The van der Waals surface area contributed by atoms with E-state index in [1.807, 2.05) is 18.2 Å². The van der Waals surface area contributed by atoms with E-state index in [1.54, 1.807) is 55.6 Å². The van der Waals surface area contributed by atoms with Gasteiger partial charge in [0.25, 0.3) is 0 Å². The number of rotatable bonds is 1. The summed E-state index contributed by atoms with van der Waals surface area (Å²) >= 11 is 1.61. The van der Waals surface area contributed by atoms with Crippen molar-refractivity contribution in [2.24, 2.45) is 0 Å². The quantitative estimate of drug-likeness (QED) is 0.458. The van der Waals surface area contributed by atoms with Gasteiger partial charge in [-0.25, -0.2) is 0 Å². The number of halogens is 3. The first kappa shape index (κ1) is 18.4. The fraction of sp³-hybridized carbons (Fsp3) is 0. The standard InChI is InChI=1S/C11H6F2N.C5H5N.ClH.Pt/c12-8-4-5-9(10(13)7-8)11-3-1-2-6-14-11;1-2-4-6-5-3-1;;/h1-4,6-7H;1-5H;1H;/q-1;;;+2/p-1. The van der Waals surface area contributed by atoms with Crippen LogP contribution >= 0.6 is 9.42 Å². The summed E-state index contributed by atoms with van der Waals surface area (Å²) in [5.74, 6) is -1.29. The number of hydrogen-bond acceptors (Lipinski definition) is 2. The van der Waals surface area contributed by atoms with Gasteiger partial charge in [-0.3, -0.25) is 13.8 Å². The van der Waals surface area contributed by atoms with E-state index in [4.69, 9.17) is 0 Å². The van der Waals surface area contributed by atoms with Gasteiger partial charge >= 0.3 is 28.2 Å². The Kier molecular flexibility index (Phi) is 9.20. The summed E-state index contributed by atoms with van der Waals surface area (Å²) in [4.78, 5) is 7.73. The van der Waals surface area contributed by atoms with E-state index in [0.717, 1.165) is 12.1 Å². The van der Waals surface area contributed by atoms with Crippen LogP contribution in [0.3, 0.4) is 0 Å². The van der Waals surface area contributed by atoms with Gasteiger partial charge in [-0.05, 0) is 23.9 Å². The summed E-state index contributed by atoms with van der Waals surface area (Å²) in [6.07, 6.45) is 5.05. The van der Waals surface area contributed by atoms with Gasteiger partial charge in [0, 0.05) is 30.2 Å². The van der Waals surface area contributed by atoms with Gasteiger partial charge in [-0.1, -0.05) is 29.8 Å². The third-order valence-electron chi connectivity index (χ3n) is 2.35. The molecule has 0 atom stereocenters. The van der Waals surface area contributed by atoms with Crippen molar-refractivity contribution in [3.05, 3.63) is 84.8 Å². The fourth-order valence-electron chi connectivity index (χ4n) is 1.46. The molecule has 3 aromatic rings. The molecule has 0 saturated heterocycles. The summed E-state index contributed by atoms with van der Waals surface area (Å²) < 4.78 is 25.8. The molecule has 0 aliphatic carbocycles. The van der Waals surface area contributed by atoms with Crippen LogP contribution in [0.25, 0.3) is 11.3 Å². The Bertz CT molecular complexity index is 628. The Labute approximate surface area is 143 Å². The van der Waals surface area contributed by atoms with E-state index in [2.05, 4.69) is 25.5 Å². The summed E-state index contributed by atoms with van der Waals surface area (Å²) in [7, 11) is 4.61. The second-order valence-corrected chi connectivity index (χ2v) is 3.78. The van der Waals surface area contributed by atoms with Crippen LogP contribution in [0.15, 0.2) is 67.1 Å². The number of hydrogen-bond donors (Lipinski definition) is 0. The second kappa shape index (κ2) is 11.0. The van der Waals surface area contributed by atoms with E-state index < -0.39 is 11.6 Å². The van der Waals surface area contributed by atoms with Crippen molar-refractivity contribution in [1.82, 2.24) is 9.97 Å². The maximum atomic E-state index is 13.2. The maximum absolute atomic E-state index is 13.2. The zero-order valence-electron chi connectivity index (χ0n) is 11.2. The van der Waals surface area contributed by atoms with Gasteiger partial charge in [0.1, 0.15) is 0 Å². The Morgan fingerprint density at radius 1 is 0.955 bits per heavy atom. The van der Waals surface area contributed by atoms with E-state index in [0.29, 0.717) is 5.69 Å². The van der Waals surface area contributed by atoms with Crippen LogP contribution in [0, 0.1) is 17.7 Å². The largest absolute Gasteiger partial charge is 0.265 e. The van der Waals surface area contributed by atoms with E-state index in [1.165, 1.54) is 0 Å². The molecule has 0 fully saturated rings. The first-order valence-corrected chi connectivity index (χ1v) is 8.84. The molecule has 0 N–H and O–H groups in total. The minimum Gasteiger partial charge on any atom is -0.265 e. The van der Waals surface area contributed by atoms with Crippen LogP contribution in [-0.2, 0) is 18.8 Å². The average molecular weight is 500 g/mol. The van der Waals surface area contributed by atoms with Gasteiger partial charge in [0.05, 0.1) is 0 Å². The van der Waals surface area contributed by atoms with Crippen LogP contribution < -0.4 is 0 Å². The summed E-state index contributed by atoms with van der Waals surface area (Å²) in [5, 5.41) is 0. The van der Waals surface area contributed by atoms with Crippen LogP contribution in [0.2, 0.25) is 0 Å². The molecule has 3 rings (SSSR count). The molecule has 0 radical (unpaired) electrons. The topological polar surface area (TPSA) is 25.8 Å². The van der Waals surface area contributed by atoms with Crippen molar-refractivity contribution in [3.63, 3.8) is 0 Å². The molecular formula is C16H11ClF2N2Pt. The molecule has 6 heteroatoms. The molecular weight excluding hydrogens is 489 g/mol. The molecule has 0 amide bonds. The maximum Gasteiger partial charge on any atom is 0.0267 e. The van der Waals surface area contributed by atoms with Crippen LogP contribution in [0.1, 0.15) is 0 Å². The summed E-state index contributed by atoms with van der Waals surface area (Å²) in [5.41, 5.74) is 0.636. The number of aromatic nitrogens is 2. The molecule has 0 spiro atoms. The van der Waals surface area contributed by atoms with E-state index >= 15 is 0 Å². The van der Waals surface area contributed by atoms with Gasteiger partial charge in [0.2, 0.25) is 0 Å². The second-order valence-electron chi connectivity index (χ2n) is 3.78. The minimum absolute atomic E-state index is 0.187. The van der Waals surface area contributed by atoms with Crippen molar-refractivity contribution in [1.29, 1.82) is 0 Å². The predicted molar refractivity (Wildman–Crippen MR) is 78.5 cm³/mol. The van der Waals surface area contributed by atoms with Crippen molar-refractivity contribution in [2.45, 2.75) is 0 Å². The Hall–Kier alpha value is -1.64. The van der Waals surface area contributed by atoms with Gasteiger partial charge in [-0.15, -0.1) is 12.1 Å². The number of pyridine rings is 2.